The standard InChI is InChI=1S/C16H25FN2O4/c1-18(2)16(21)11-19(8-9-22-3)10-14(20)12-23-15-6-4-13(17)5-7-15/h4-7,14,20H,8-12H2,1-3H3. The minimum atomic E-state index is -0.771. The second kappa shape index (κ2) is 10.1. The molecule has 130 valence electrons. The van der Waals surface area contributed by atoms with Crippen LogP contribution in [0.3, 0.4) is 0 Å². The van der Waals surface area contributed by atoms with Gasteiger partial charge in [-0.3, -0.25) is 9.69 Å². The van der Waals surface area contributed by atoms with Crippen LogP contribution < -0.4 is 4.74 Å². The molecule has 0 aliphatic rings. The van der Waals surface area contributed by atoms with Crippen LogP contribution in [0.4, 0.5) is 4.39 Å². The third kappa shape index (κ3) is 7.92. The highest BCUT2D eigenvalue weighted by Crippen LogP contribution is 2.11. The lowest BCUT2D eigenvalue weighted by Gasteiger charge is -2.25. The highest BCUT2D eigenvalue weighted by Gasteiger charge is 2.16. The summed E-state index contributed by atoms with van der Waals surface area (Å²) in [5, 5.41) is 10.1. The number of benzene rings is 1. The van der Waals surface area contributed by atoms with Crippen molar-refractivity contribution in [3.8, 4) is 5.75 Å². The molecule has 0 fully saturated rings. The second-order valence-electron chi connectivity index (χ2n) is 5.43. The number of carbonyl (C=O) groups is 1. The van der Waals surface area contributed by atoms with Gasteiger partial charge in [-0.05, 0) is 24.3 Å². The summed E-state index contributed by atoms with van der Waals surface area (Å²) in [6.45, 7) is 1.54. The van der Waals surface area contributed by atoms with E-state index in [2.05, 4.69) is 0 Å². The fourth-order valence-corrected chi connectivity index (χ4v) is 1.86. The Hall–Kier alpha value is -1.70. The van der Waals surface area contributed by atoms with Gasteiger partial charge in [-0.25, -0.2) is 4.39 Å². The summed E-state index contributed by atoms with van der Waals surface area (Å²) in [5.74, 6) is 0.0943. The summed E-state index contributed by atoms with van der Waals surface area (Å²) >= 11 is 0. The van der Waals surface area contributed by atoms with E-state index in [1.807, 2.05) is 4.90 Å². The van der Waals surface area contributed by atoms with Gasteiger partial charge in [0.05, 0.1) is 13.2 Å². The lowest BCUT2D eigenvalue weighted by Crippen LogP contribution is -2.43. The molecule has 1 aromatic rings. The van der Waals surface area contributed by atoms with Gasteiger partial charge in [-0.15, -0.1) is 0 Å². The van der Waals surface area contributed by atoms with Gasteiger partial charge in [0.25, 0.3) is 0 Å². The maximum atomic E-state index is 12.8. The van der Waals surface area contributed by atoms with Crippen LogP contribution in [0.5, 0.6) is 5.75 Å². The van der Waals surface area contributed by atoms with Crippen LogP contribution in [-0.4, -0.2) is 81.0 Å². The van der Waals surface area contributed by atoms with Crippen LogP contribution in [0.15, 0.2) is 24.3 Å². The van der Waals surface area contributed by atoms with Crippen molar-refractivity contribution in [3.05, 3.63) is 30.1 Å². The van der Waals surface area contributed by atoms with Crippen molar-refractivity contribution in [2.45, 2.75) is 6.10 Å². The molecule has 0 aliphatic carbocycles. The van der Waals surface area contributed by atoms with Crippen molar-refractivity contribution < 1.29 is 23.8 Å². The van der Waals surface area contributed by atoms with Gasteiger partial charge in [0.2, 0.25) is 5.91 Å². The van der Waals surface area contributed by atoms with Gasteiger partial charge < -0.3 is 19.5 Å². The average molecular weight is 328 g/mol. The van der Waals surface area contributed by atoms with Gasteiger partial charge in [-0.1, -0.05) is 0 Å². The summed E-state index contributed by atoms with van der Waals surface area (Å²) < 4.78 is 23.2. The minimum absolute atomic E-state index is 0.0484. The molecule has 0 bridgehead atoms. The van der Waals surface area contributed by atoms with Crippen LogP contribution in [-0.2, 0) is 9.53 Å². The number of hydrogen-bond acceptors (Lipinski definition) is 5. The van der Waals surface area contributed by atoms with Crippen molar-refractivity contribution in [2.24, 2.45) is 0 Å². The third-order valence-electron chi connectivity index (χ3n) is 3.19. The zero-order chi connectivity index (χ0) is 17.2. The maximum Gasteiger partial charge on any atom is 0.236 e. The molecule has 0 aliphatic heterocycles. The molecule has 6 nitrogen and oxygen atoms in total. The highest BCUT2D eigenvalue weighted by molar-refractivity contribution is 5.77. The number of aliphatic hydroxyl groups is 1. The lowest BCUT2D eigenvalue weighted by molar-refractivity contribution is -0.130. The van der Waals surface area contributed by atoms with E-state index >= 15 is 0 Å². The van der Waals surface area contributed by atoms with Gasteiger partial charge in [0.15, 0.2) is 0 Å². The zero-order valence-corrected chi connectivity index (χ0v) is 13.9. The maximum absolute atomic E-state index is 12.8. The summed E-state index contributed by atoms with van der Waals surface area (Å²) in [4.78, 5) is 15.1. The fraction of sp³-hybridized carbons (Fsp3) is 0.562. The normalized spacial score (nSPS) is 12.3. The molecule has 0 radical (unpaired) electrons. The molecule has 1 aromatic carbocycles. The average Bonchev–Trinajstić information content (AvgIpc) is 2.51. The molecule has 1 atom stereocenters. The molecule has 0 spiro atoms. The molecule has 23 heavy (non-hydrogen) atoms. The van der Waals surface area contributed by atoms with Crippen molar-refractivity contribution in [2.75, 3.05) is 54.1 Å². The van der Waals surface area contributed by atoms with Gasteiger partial charge in [0, 0.05) is 34.3 Å². The zero-order valence-electron chi connectivity index (χ0n) is 13.9. The van der Waals surface area contributed by atoms with E-state index in [-0.39, 0.29) is 31.4 Å². The first-order chi connectivity index (χ1) is 10.9. The number of ether oxygens (including phenoxy) is 2. The number of hydrogen-bond donors (Lipinski definition) is 1. The Labute approximate surface area is 136 Å². The largest absolute Gasteiger partial charge is 0.491 e. The quantitative estimate of drug-likeness (QED) is 0.682. The molecule has 0 aromatic heterocycles. The molecule has 7 heteroatoms. The number of halogens is 1. The molecule has 1 amide bonds. The van der Waals surface area contributed by atoms with E-state index in [4.69, 9.17) is 9.47 Å². The number of likely N-dealkylation sites (N-methyl/N-ethyl adjacent to an activating group) is 1. The number of methoxy groups -OCH3 is 1. The van der Waals surface area contributed by atoms with E-state index < -0.39 is 6.10 Å². The first-order valence-electron chi connectivity index (χ1n) is 7.40. The second-order valence-corrected chi connectivity index (χ2v) is 5.43. The summed E-state index contributed by atoms with van der Waals surface area (Å²) in [6.07, 6.45) is -0.771. The first-order valence-corrected chi connectivity index (χ1v) is 7.40. The van der Waals surface area contributed by atoms with Gasteiger partial charge >= 0.3 is 0 Å². The molecule has 0 saturated heterocycles. The minimum Gasteiger partial charge on any atom is -0.491 e. The van der Waals surface area contributed by atoms with Crippen molar-refractivity contribution in [1.29, 1.82) is 0 Å². The number of amides is 1. The number of nitrogens with zero attached hydrogens (tertiary/aromatic N) is 2. The van der Waals surface area contributed by atoms with Gasteiger partial charge in [0.1, 0.15) is 24.3 Å². The van der Waals surface area contributed by atoms with Crippen molar-refractivity contribution in [1.82, 2.24) is 9.80 Å². The van der Waals surface area contributed by atoms with E-state index in [0.717, 1.165) is 0 Å². The summed E-state index contributed by atoms with van der Waals surface area (Å²) in [6, 6.07) is 5.59. The highest BCUT2D eigenvalue weighted by atomic mass is 19.1. The lowest BCUT2D eigenvalue weighted by atomic mass is 10.3. The Morgan fingerprint density at radius 3 is 2.52 bits per heavy atom. The smallest absolute Gasteiger partial charge is 0.236 e. The van der Waals surface area contributed by atoms with Crippen LogP contribution in [0.1, 0.15) is 0 Å². The first kappa shape index (κ1) is 19.3. The van der Waals surface area contributed by atoms with Crippen LogP contribution in [0.25, 0.3) is 0 Å². The van der Waals surface area contributed by atoms with Crippen LogP contribution in [0, 0.1) is 5.82 Å². The Bertz CT molecular complexity index is 468. The van der Waals surface area contributed by atoms with E-state index in [1.54, 1.807) is 21.2 Å². The molecule has 1 N–H and O–H groups in total. The van der Waals surface area contributed by atoms with Crippen LogP contribution >= 0.6 is 0 Å². The molecular formula is C16H25FN2O4. The molecule has 0 saturated carbocycles. The predicted molar refractivity (Wildman–Crippen MR) is 84.9 cm³/mol. The fourth-order valence-electron chi connectivity index (χ4n) is 1.86. The summed E-state index contributed by atoms with van der Waals surface area (Å²) in [7, 11) is 4.95. The van der Waals surface area contributed by atoms with Gasteiger partial charge in [-0.2, -0.15) is 0 Å². The van der Waals surface area contributed by atoms with Crippen molar-refractivity contribution >= 4 is 5.91 Å². The van der Waals surface area contributed by atoms with E-state index in [1.165, 1.54) is 29.2 Å². The Morgan fingerprint density at radius 2 is 1.96 bits per heavy atom. The Morgan fingerprint density at radius 1 is 1.30 bits per heavy atom. The third-order valence-corrected chi connectivity index (χ3v) is 3.19. The topological polar surface area (TPSA) is 62.2 Å². The monoisotopic (exact) mass is 328 g/mol. The van der Waals surface area contributed by atoms with E-state index in [0.29, 0.717) is 18.9 Å². The molecular weight excluding hydrogens is 303 g/mol. The molecule has 0 heterocycles. The number of rotatable bonds is 10. The number of carbonyl (C=O) groups excluding carboxylic acids is 1. The number of aliphatic hydroxyl groups excluding tert-OH is 1. The predicted octanol–water partition coefficient (Wildman–Crippen LogP) is 0.602. The SMILES string of the molecule is COCCN(CC(=O)N(C)C)CC(O)COc1ccc(F)cc1. The Kier molecular flexibility index (Phi) is 8.53. The molecule has 1 unspecified atom stereocenters. The Balaban J connectivity index is 2.46. The van der Waals surface area contributed by atoms with E-state index in [9.17, 15) is 14.3 Å². The van der Waals surface area contributed by atoms with Crippen molar-refractivity contribution in [3.63, 3.8) is 0 Å². The molecule has 1 rings (SSSR count). The summed E-state index contributed by atoms with van der Waals surface area (Å²) in [5.41, 5.74) is 0. The van der Waals surface area contributed by atoms with Crippen LogP contribution in [0.2, 0.25) is 0 Å².